The average Bonchev–Trinajstić information content (AvgIpc) is 2.13. The van der Waals surface area contributed by atoms with Crippen LogP contribution in [0.5, 0.6) is 0 Å². The van der Waals surface area contributed by atoms with Crippen LogP contribution in [0.3, 0.4) is 0 Å². The highest BCUT2D eigenvalue weighted by atomic mass is 16.3. The van der Waals surface area contributed by atoms with Gasteiger partial charge in [-0.15, -0.1) is 0 Å². The van der Waals surface area contributed by atoms with Crippen molar-refractivity contribution in [2.45, 2.75) is 19.3 Å². The highest BCUT2D eigenvalue weighted by molar-refractivity contribution is 4.56. The number of rotatable bonds is 9. The molecule has 0 heterocycles. The van der Waals surface area contributed by atoms with Crippen molar-refractivity contribution >= 4 is 0 Å². The predicted octanol–water partition coefficient (Wildman–Crippen LogP) is -0.598. The molecule has 0 spiro atoms. The molecule has 0 radical (unpaired) electrons. The van der Waals surface area contributed by atoms with Gasteiger partial charge in [0, 0.05) is 13.1 Å². The Morgan fingerprint density at radius 1 is 0.846 bits per heavy atom. The second-order valence-electron chi connectivity index (χ2n) is 3.14. The summed E-state index contributed by atoms with van der Waals surface area (Å²) in [5.74, 6) is 0. The van der Waals surface area contributed by atoms with Gasteiger partial charge in [-0.05, 0) is 25.9 Å². The summed E-state index contributed by atoms with van der Waals surface area (Å²) in [5, 5.41) is 17.4. The molecule has 0 saturated heterocycles. The van der Waals surface area contributed by atoms with Crippen LogP contribution in [0.2, 0.25) is 0 Å². The fourth-order valence-corrected chi connectivity index (χ4v) is 1.27. The van der Waals surface area contributed by atoms with Crippen LogP contribution in [0, 0.1) is 0 Å². The van der Waals surface area contributed by atoms with Crippen LogP contribution in [0.15, 0.2) is 0 Å². The molecular weight excluding hydrogens is 168 g/mol. The number of hydrogen-bond donors (Lipinski definition) is 3. The summed E-state index contributed by atoms with van der Waals surface area (Å²) in [4.78, 5) is 2.07. The first kappa shape index (κ1) is 12.8. The summed E-state index contributed by atoms with van der Waals surface area (Å²) in [6, 6.07) is 0. The SMILES string of the molecule is NCCCCCN(CCO)CCO. The summed E-state index contributed by atoms with van der Waals surface area (Å²) in [7, 11) is 0. The summed E-state index contributed by atoms with van der Waals surface area (Å²) in [5.41, 5.74) is 5.37. The smallest absolute Gasteiger partial charge is 0.0558 e. The lowest BCUT2D eigenvalue weighted by atomic mass is 10.2. The Hall–Kier alpha value is -0.160. The molecule has 0 unspecified atom stereocenters. The molecule has 0 aromatic rings. The first-order chi connectivity index (χ1) is 6.35. The van der Waals surface area contributed by atoms with Crippen LogP contribution in [0.4, 0.5) is 0 Å². The standard InChI is InChI=1S/C9H22N2O2/c10-4-2-1-3-5-11(6-8-12)7-9-13/h12-13H,1-10H2. The third-order valence-corrected chi connectivity index (χ3v) is 2.01. The van der Waals surface area contributed by atoms with Gasteiger partial charge in [0.05, 0.1) is 13.2 Å². The Bertz CT molecular complexity index is 95.6. The average molecular weight is 190 g/mol. The molecule has 0 amide bonds. The summed E-state index contributed by atoms with van der Waals surface area (Å²) < 4.78 is 0. The van der Waals surface area contributed by atoms with Gasteiger partial charge in [0.2, 0.25) is 0 Å². The largest absolute Gasteiger partial charge is 0.395 e. The minimum atomic E-state index is 0.164. The van der Waals surface area contributed by atoms with Crippen LogP contribution >= 0.6 is 0 Å². The lowest BCUT2D eigenvalue weighted by Crippen LogP contribution is -2.30. The van der Waals surface area contributed by atoms with Crippen LogP contribution in [-0.2, 0) is 0 Å². The van der Waals surface area contributed by atoms with Gasteiger partial charge in [0.15, 0.2) is 0 Å². The number of nitrogens with two attached hydrogens (primary N) is 1. The zero-order chi connectivity index (χ0) is 9.94. The van der Waals surface area contributed by atoms with Gasteiger partial charge in [-0.3, -0.25) is 4.90 Å². The fourth-order valence-electron chi connectivity index (χ4n) is 1.27. The molecule has 0 aliphatic carbocycles. The highest BCUT2D eigenvalue weighted by Gasteiger charge is 2.01. The van der Waals surface area contributed by atoms with Crippen molar-refractivity contribution in [1.82, 2.24) is 4.90 Å². The van der Waals surface area contributed by atoms with E-state index in [0.29, 0.717) is 13.1 Å². The van der Waals surface area contributed by atoms with Crippen molar-refractivity contribution in [2.24, 2.45) is 5.73 Å². The normalized spacial score (nSPS) is 11.1. The van der Waals surface area contributed by atoms with Crippen molar-refractivity contribution < 1.29 is 10.2 Å². The van der Waals surface area contributed by atoms with E-state index in [1.807, 2.05) is 0 Å². The van der Waals surface area contributed by atoms with E-state index < -0.39 is 0 Å². The van der Waals surface area contributed by atoms with E-state index in [2.05, 4.69) is 4.90 Å². The zero-order valence-corrected chi connectivity index (χ0v) is 8.28. The van der Waals surface area contributed by atoms with Gasteiger partial charge in [0.1, 0.15) is 0 Å². The maximum absolute atomic E-state index is 8.72. The third kappa shape index (κ3) is 8.18. The minimum absolute atomic E-state index is 0.164. The molecule has 0 aliphatic heterocycles. The van der Waals surface area contributed by atoms with E-state index in [4.69, 9.17) is 15.9 Å². The predicted molar refractivity (Wildman–Crippen MR) is 53.5 cm³/mol. The molecule has 4 heteroatoms. The zero-order valence-electron chi connectivity index (χ0n) is 8.28. The Balaban J connectivity index is 3.33. The molecule has 13 heavy (non-hydrogen) atoms. The molecule has 0 rings (SSSR count). The Morgan fingerprint density at radius 3 is 1.92 bits per heavy atom. The van der Waals surface area contributed by atoms with E-state index in [9.17, 15) is 0 Å². The molecule has 4 nitrogen and oxygen atoms in total. The summed E-state index contributed by atoms with van der Waals surface area (Å²) in [6.45, 7) is 3.33. The van der Waals surface area contributed by atoms with Gasteiger partial charge in [-0.25, -0.2) is 0 Å². The Kier molecular flexibility index (Phi) is 9.80. The second-order valence-corrected chi connectivity index (χ2v) is 3.14. The Labute approximate surface area is 80.3 Å². The van der Waals surface area contributed by atoms with E-state index >= 15 is 0 Å². The molecule has 0 aromatic carbocycles. The lowest BCUT2D eigenvalue weighted by molar-refractivity contribution is 0.159. The number of hydrogen-bond acceptors (Lipinski definition) is 4. The quantitative estimate of drug-likeness (QED) is 0.425. The number of nitrogens with zero attached hydrogens (tertiary/aromatic N) is 1. The second kappa shape index (κ2) is 9.92. The monoisotopic (exact) mass is 190 g/mol. The molecule has 80 valence electrons. The number of unbranched alkanes of at least 4 members (excludes halogenated alkanes) is 2. The lowest BCUT2D eigenvalue weighted by Gasteiger charge is -2.19. The topological polar surface area (TPSA) is 69.7 Å². The first-order valence-electron chi connectivity index (χ1n) is 4.99. The molecular formula is C9H22N2O2. The van der Waals surface area contributed by atoms with Crippen LogP contribution < -0.4 is 5.73 Å². The minimum Gasteiger partial charge on any atom is -0.395 e. The third-order valence-electron chi connectivity index (χ3n) is 2.01. The van der Waals surface area contributed by atoms with Gasteiger partial charge >= 0.3 is 0 Å². The summed E-state index contributed by atoms with van der Waals surface area (Å²) in [6.07, 6.45) is 3.28. The molecule has 0 aromatic heterocycles. The maximum atomic E-state index is 8.72. The van der Waals surface area contributed by atoms with E-state index in [-0.39, 0.29) is 13.2 Å². The van der Waals surface area contributed by atoms with Crippen molar-refractivity contribution in [1.29, 1.82) is 0 Å². The van der Waals surface area contributed by atoms with Crippen LogP contribution in [-0.4, -0.2) is 54.5 Å². The highest BCUT2D eigenvalue weighted by Crippen LogP contribution is 1.97. The van der Waals surface area contributed by atoms with Gasteiger partial charge in [-0.1, -0.05) is 6.42 Å². The summed E-state index contributed by atoms with van der Waals surface area (Å²) >= 11 is 0. The van der Waals surface area contributed by atoms with Crippen molar-refractivity contribution in [2.75, 3.05) is 39.4 Å². The van der Waals surface area contributed by atoms with Gasteiger partial charge < -0.3 is 15.9 Å². The molecule has 0 aliphatic rings. The number of aliphatic hydroxyl groups is 2. The van der Waals surface area contributed by atoms with Crippen LogP contribution in [0.1, 0.15) is 19.3 Å². The van der Waals surface area contributed by atoms with E-state index in [0.717, 1.165) is 32.4 Å². The van der Waals surface area contributed by atoms with Crippen molar-refractivity contribution in [3.63, 3.8) is 0 Å². The molecule has 0 atom stereocenters. The Morgan fingerprint density at radius 2 is 1.46 bits per heavy atom. The van der Waals surface area contributed by atoms with Gasteiger partial charge in [0.25, 0.3) is 0 Å². The van der Waals surface area contributed by atoms with Crippen molar-refractivity contribution in [3.8, 4) is 0 Å². The fraction of sp³-hybridized carbons (Fsp3) is 1.00. The van der Waals surface area contributed by atoms with Gasteiger partial charge in [-0.2, -0.15) is 0 Å². The van der Waals surface area contributed by atoms with E-state index in [1.54, 1.807) is 0 Å². The molecule has 0 bridgehead atoms. The molecule has 0 saturated carbocycles. The van der Waals surface area contributed by atoms with Crippen LogP contribution in [0.25, 0.3) is 0 Å². The van der Waals surface area contributed by atoms with E-state index in [1.165, 1.54) is 0 Å². The van der Waals surface area contributed by atoms with Crippen molar-refractivity contribution in [3.05, 3.63) is 0 Å². The first-order valence-corrected chi connectivity index (χ1v) is 4.99. The molecule has 0 fully saturated rings. The number of aliphatic hydroxyl groups excluding tert-OH is 2. The molecule has 4 N–H and O–H groups in total. The maximum Gasteiger partial charge on any atom is 0.0558 e.